The molecular weight excluding hydrogens is 318 g/mol. The third-order valence-electron chi connectivity index (χ3n) is 4.49. The number of nitrogens with one attached hydrogen (secondary N) is 2. The molecule has 2 N–H and O–H groups in total. The van der Waals surface area contributed by atoms with Crippen molar-refractivity contribution < 1.29 is 14.3 Å². The number of hydrogen-bond donors (Lipinski definition) is 2. The highest BCUT2D eigenvalue weighted by Crippen LogP contribution is 2.24. The molecule has 2 aromatic rings. The Kier molecular flexibility index (Phi) is 5.60. The number of fused-ring (bicyclic) bond motifs is 1. The first-order chi connectivity index (χ1) is 12.1. The van der Waals surface area contributed by atoms with Gasteiger partial charge in [-0.2, -0.15) is 0 Å². The number of pyridine rings is 1. The molecule has 0 saturated carbocycles. The molecular formula is C19H23N3O3. The Labute approximate surface area is 147 Å². The molecule has 0 unspecified atom stereocenters. The number of para-hydroxylation sites is 1. The molecule has 6 nitrogen and oxygen atoms in total. The van der Waals surface area contributed by atoms with Crippen LogP contribution in [0.4, 0.5) is 0 Å². The molecule has 1 aliphatic rings. The van der Waals surface area contributed by atoms with Crippen LogP contribution in [-0.2, 0) is 20.7 Å². The molecule has 1 saturated heterocycles. The van der Waals surface area contributed by atoms with Crippen LogP contribution < -0.4 is 10.6 Å². The smallest absolute Gasteiger partial charge is 0.222 e. The van der Waals surface area contributed by atoms with Crippen LogP contribution in [0.1, 0.15) is 18.9 Å². The van der Waals surface area contributed by atoms with Gasteiger partial charge in [0.25, 0.3) is 0 Å². The second-order valence-electron chi connectivity index (χ2n) is 6.40. The van der Waals surface area contributed by atoms with Crippen molar-refractivity contribution in [1.29, 1.82) is 0 Å². The van der Waals surface area contributed by atoms with Crippen LogP contribution in [0.2, 0.25) is 0 Å². The minimum Gasteiger partial charge on any atom is -0.379 e. The zero-order chi connectivity index (χ0) is 17.6. The Morgan fingerprint density at radius 3 is 2.92 bits per heavy atom. The van der Waals surface area contributed by atoms with Gasteiger partial charge < -0.3 is 15.4 Å². The van der Waals surface area contributed by atoms with Gasteiger partial charge >= 0.3 is 0 Å². The minimum atomic E-state index is -0.126. The van der Waals surface area contributed by atoms with Gasteiger partial charge in [0.05, 0.1) is 24.8 Å². The van der Waals surface area contributed by atoms with Crippen LogP contribution in [-0.4, -0.2) is 42.6 Å². The summed E-state index contributed by atoms with van der Waals surface area (Å²) in [6.45, 7) is 2.96. The molecule has 6 heteroatoms. The summed E-state index contributed by atoms with van der Waals surface area (Å²) >= 11 is 0. The Balaban J connectivity index is 1.61. The van der Waals surface area contributed by atoms with Crippen LogP contribution in [0.5, 0.6) is 0 Å². The van der Waals surface area contributed by atoms with E-state index >= 15 is 0 Å². The van der Waals surface area contributed by atoms with Gasteiger partial charge in [-0.15, -0.1) is 0 Å². The number of carbonyl (C=O) groups excluding carboxylic acids is 2. The second kappa shape index (κ2) is 8.07. The lowest BCUT2D eigenvalue weighted by Crippen LogP contribution is -2.41. The van der Waals surface area contributed by atoms with Gasteiger partial charge in [0.15, 0.2) is 0 Å². The summed E-state index contributed by atoms with van der Waals surface area (Å²) < 4.78 is 5.60. The maximum absolute atomic E-state index is 12.1. The Bertz CT molecular complexity index is 757. The molecule has 2 heterocycles. The Hall–Kier alpha value is -2.47. The average Bonchev–Trinajstić information content (AvgIpc) is 3.01. The molecule has 3 rings (SSSR count). The molecule has 0 bridgehead atoms. The number of aromatic nitrogens is 1. The summed E-state index contributed by atoms with van der Waals surface area (Å²) in [7, 11) is 0. The van der Waals surface area contributed by atoms with Crippen molar-refractivity contribution in [2.75, 3.05) is 19.8 Å². The Morgan fingerprint density at radius 2 is 2.08 bits per heavy atom. The van der Waals surface area contributed by atoms with Crippen molar-refractivity contribution >= 4 is 22.7 Å². The SMILES string of the molecule is CC(=O)NCCC(=O)N[C@@H]1COC[C@H]1Cc1ccnc2ccccc12. The molecule has 25 heavy (non-hydrogen) atoms. The van der Waals surface area contributed by atoms with Gasteiger partial charge in [0, 0.05) is 37.4 Å². The van der Waals surface area contributed by atoms with E-state index in [0.717, 1.165) is 17.3 Å². The second-order valence-corrected chi connectivity index (χ2v) is 6.40. The van der Waals surface area contributed by atoms with Crippen molar-refractivity contribution in [3.8, 4) is 0 Å². The first-order valence-corrected chi connectivity index (χ1v) is 8.57. The van der Waals surface area contributed by atoms with Gasteiger partial charge in [0.2, 0.25) is 11.8 Å². The summed E-state index contributed by atoms with van der Waals surface area (Å²) in [6.07, 6.45) is 2.94. The highest BCUT2D eigenvalue weighted by molar-refractivity contribution is 5.82. The fraction of sp³-hybridized carbons (Fsp3) is 0.421. The average molecular weight is 341 g/mol. The summed E-state index contributed by atoms with van der Waals surface area (Å²) in [6, 6.07) is 10.1. The molecule has 0 spiro atoms. The van der Waals surface area contributed by atoms with Gasteiger partial charge in [-0.1, -0.05) is 18.2 Å². The van der Waals surface area contributed by atoms with Crippen molar-refractivity contribution in [2.45, 2.75) is 25.8 Å². The number of benzene rings is 1. The van der Waals surface area contributed by atoms with E-state index in [4.69, 9.17) is 4.74 Å². The first kappa shape index (κ1) is 17.4. The highest BCUT2D eigenvalue weighted by Gasteiger charge is 2.29. The molecule has 2 atom stereocenters. The lowest BCUT2D eigenvalue weighted by atomic mass is 9.93. The van der Waals surface area contributed by atoms with E-state index in [1.807, 2.05) is 30.5 Å². The van der Waals surface area contributed by atoms with E-state index in [-0.39, 0.29) is 30.2 Å². The molecule has 1 aromatic heterocycles. The molecule has 2 amide bonds. The van der Waals surface area contributed by atoms with Gasteiger partial charge in [-0.3, -0.25) is 14.6 Å². The van der Waals surface area contributed by atoms with Crippen molar-refractivity contribution in [3.63, 3.8) is 0 Å². The predicted molar refractivity (Wildman–Crippen MR) is 95.0 cm³/mol. The van der Waals surface area contributed by atoms with Gasteiger partial charge in [-0.05, 0) is 24.1 Å². The van der Waals surface area contributed by atoms with Crippen molar-refractivity contribution in [2.24, 2.45) is 5.92 Å². The lowest BCUT2D eigenvalue weighted by Gasteiger charge is -2.20. The molecule has 1 fully saturated rings. The zero-order valence-electron chi connectivity index (χ0n) is 14.3. The summed E-state index contributed by atoms with van der Waals surface area (Å²) in [5.74, 6) is 0.0452. The standard InChI is InChI=1S/C19H23N3O3/c1-13(23)20-9-7-19(24)22-18-12-25-11-15(18)10-14-6-8-21-17-5-3-2-4-16(14)17/h2-6,8,15,18H,7,9-12H2,1H3,(H,20,23)(H,22,24)/t15-,18-/m1/s1. The number of rotatable bonds is 6. The third-order valence-corrected chi connectivity index (χ3v) is 4.49. The minimum absolute atomic E-state index is 0.00300. The van der Waals surface area contributed by atoms with Crippen LogP contribution in [0, 0.1) is 5.92 Å². The lowest BCUT2D eigenvalue weighted by molar-refractivity contribution is -0.122. The normalized spacial score (nSPS) is 19.7. The predicted octanol–water partition coefficient (Wildman–Crippen LogP) is 1.43. The van der Waals surface area contributed by atoms with E-state index in [9.17, 15) is 9.59 Å². The molecule has 0 aliphatic carbocycles. The molecule has 0 radical (unpaired) electrons. The van der Waals surface area contributed by atoms with E-state index in [1.165, 1.54) is 12.5 Å². The van der Waals surface area contributed by atoms with Gasteiger partial charge in [0.1, 0.15) is 0 Å². The monoisotopic (exact) mass is 341 g/mol. The number of amides is 2. The molecule has 132 valence electrons. The van der Waals surface area contributed by atoms with Gasteiger partial charge in [-0.25, -0.2) is 0 Å². The maximum Gasteiger partial charge on any atom is 0.222 e. The number of nitrogens with zero attached hydrogens (tertiary/aromatic N) is 1. The third kappa shape index (κ3) is 4.54. The fourth-order valence-corrected chi connectivity index (χ4v) is 3.21. The Morgan fingerprint density at radius 1 is 1.24 bits per heavy atom. The van der Waals surface area contributed by atoms with Crippen LogP contribution in [0.3, 0.4) is 0 Å². The van der Waals surface area contributed by atoms with E-state index in [0.29, 0.717) is 19.8 Å². The number of hydrogen-bond acceptors (Lipinski definition) is 4. The zero-order valence-corrected chi connectivity index (χ0v) is 14.3. The summed E-state index contributed by atoms with van der Waals surface area (Å²) in [5.41, 5.74) is 2.20. The van der Waals surface area contributed by atoms with E-state index < -0.39 is 0 Å². The molecule has 1 aromatic carbocycles. The maximum atomic E-state index is 12.1. The number of ether oxygens (including phenoxy) is 1. The summed E-state index contributed by atoms with van der Waals surface area (Å²) in [5, 5.41) is 6.82. The quantitative estimate of drug-likeness (QED) is 0.833. The summed E-state index contributed by atoms with van der Waals surface area (Å²) in [4.78, 5) is 27.3. The molecule has 1 aliphatic heterocycles. The highest BCUT2D eigenvalue weighted by atomic mass is 16.5. The van der Waals surface area contributed by atoms with E-state index in [1.54, 1.807) is 0 Å². The largest absolute Gasteiger partial charge is 0.379 e. The van der Waals surface area contributed by atoms with E-state index in [2.05, 4.69) is 21.7 Å². The van der Waals surface area contributed by atoms with Crippen LogP contribution in [0.25, 0.3) is 10.9 Å². The topological polar surface area (TPSA) is 80.3 Å². The van der Waals surface area contributed by atoms with Crippen LogP contribution in [0.15, 0.2) is 36.5 Å². The number of carbonyl (C=O) groups is 2. The first-order valence-electron chi connectivity index (χ1n) is 8.57. The fourth-order valence-electron chi connectivity index (χ4n) is 3.21. The van der Waals surface area contributed by atoms with Crippen molar-refractivity contribution in [3.05, 3.63) is 42.1 Å². The van der Waals surface area contributed by atoms with Crippen LogP contribution >= 0.6 is 0 Å². The van der Waals surface area contributed by atoms with Crippen molar-refractivity contribution in [1.82, 2.24) is 15.6 Å².